The Kier molecular flexibility index (Phi) is 16.1. The van der Waals surface area contributed by atoms with E-state index in [1.54, 1.807) is 38.0 Å². The van der Waals surface area contributed by atoms with E-state index in [-0.39, 0.29) is 24.8 Å². The van der Waals surface area contributed by atoms with Crippen LogP contribution in [-0.4, -0.2) is 83.7 Å². The van der Waals surface area contributed by atoms with Gasteiger partial charge >= 0.3 is 11.9 Å². The van der Waals surface area contributed by atoms with Crippen molar-refractivity contribution in [2.75, 3.05) is 39.7 Å². The normalized spacial score (nSPS) is 13.3. The second-order valence-corrected chi connectivity index (χ2v) is 6.76. The highest BCUT2D eigenvalue weighted by molar-refractivity contribution is 8.76. The van der Waals surface area contributed by atoms with Crippen molar-refractivity contribution in [1.29, 1.82) is 0 Å². The quantitative estimate of drug-likeness (QED) is 0.464. The first-order valence-electron chi connectivity index (χ1n) is 5.30. The maximum atomic E-state index is 10.9. The molecule has 0 saturated carbocycles. The molecule has 0 bridgehead atoms. The minimum absolute atomic E-state index is 0. The molecular weight excluding hydrogens is 347 g/mol. The lowest BCUT2D eigenvalue weighted by Crippen LogP contribution is -2.38. The van der Waals surface area contributed by atoms with Crippen LogP contribution in [0, 0.1) is 0 Å². The summed E-state index contributed by atoms with van der Waals surface area (Å²) >= 11 is 0. The van der Waals surface area contributed by atoms with Crippen LogP contribution in [0.1, 0.15) is 0 Å². The van der Waals surface area contributed by atoms with Crippen LogP contribution < -0.4 is 0 Å². The Morgan fingerprint density at radius 3 is 1.25 bits per heavy atom. The third-order valence-corrected chi connectivity index (χ3v) is 4.74. The van der Waals surface area contributed by atoms with Crippen molar-refractivity contribution >= 4 is 58.3 Å². The number of rotatable bonds is 9. The third kappa shape index (κ3) is 9.95. The zero-order chi connectivity index (χ0) is 14.3. The van der Waals surface area contributed by atoms with E-state index in [2.05, 4.69) is 0 Å². The van der Waals surface area contributed by atoms with E-state index < -0.39 is 24.0 Å². The highest BCUT2D eigenvalue weighted by atomic mass is 35.5. The molecule has 122 valence electrons. The zero-order valence-electron chi connectivity index (χ0n) is 11.8. The molecule has 0 rings (SSSR count). The summed E-state index contributed by atoms with van der Waals surface area (Å²) in [4.78, 5) is 25.1. The Bertz CT molecular complexity index is 268. The molecule has 0 aliphatic rings. The average Bonchev–Trinajstić information content (AvgIpc) is 2.20. The predicted octanol–water partition coefficient (Wildman–Crippen LogP) is 1.24. The van der Waals surface area contributed by atoms with Gasteiger partial charge in [0.15, 0.2) is 0 Å². The molecule has 0 unspecified atom stereocenters. The minimum Gasteiger partial charge on any atom is -0.480 e. The fourth-order valence-electron chi connectivity index (χ4n) is 1.11. The van der Waals surface area contributed by atoms with E-state index in [4.69, 9.17) is 10.2 Å². The van der Waals surface area contributed by atoms with E-state index in [1.165, 1.54) is 21.6 Å². The van der Waals surface area contributed by atoms with Gasteiger partial charge in [-0.15, -0.1) is 24.8 Å². The lowest BCUT2D eigenvalue weighted by atomic mass is 10.3. The number of carbonyl (C=O) groups is 2. The van der Waals surface area contributed by atoms with Crippen molar-refractivity contribution in [3.8, 4) is 0 Å². The van der Waals surface area contributed by atoms with Crippen LogP contribution in [0.4, 0.5) is 0 Å². The Morgan fingerprint density at radius 1 is 0.850 bits per heavy atom. The molecule has 0 radical (unpaired) electrons. The second-order valence-electron chi connectivity index (χ2n) is 4.20. The highest BCUT2D eigenvalue weighted by Crippen LogP contribution is 2.24. The van der Waals surface area contributed by atoms with Gasteiger partial charge in [0.1, 0.15) is 12.1 Å². The van der Waals surface area contributed by atoms with E-state index in [9.17, 15) is 9.59 Å². The Balaban J connectivity index is -0.00000144. The molecule has 2 atom stereocenters. The second kappa shape index (κ2) is 12.8. The standard InChI is InChI=1S/C10H20N2O4S2.2ClH/c1-11(2)7(9(13)14)5-17-18-6-8(10(15)16)12(3)4;;/h7-8H,5-6H2,1-4H3,(H,13,14)(H,15,16);2*1H/t7-,8-;;/m0../s1. The number of hydrogen-bond acceptors (Lipinski definition) is 6. The van der Waals surface area contributed by atoms with Gasteiger partial charge in [0.2, 0.25) is 0 Å². The Morgan fingerprint density at radius 2 is 1.10 bits per heavy atom. The summed E-state index contributed by atoms with van der Waals surface area (Å²) in [7, 11) is 9.62. The molecular formula is C10H22Cl2N2O4S2. The van der Waals surface area contributed by atoms with Crippen LogP contribution in [0.3, 0.4) is 0 Å². The molecule has 0 aromatic heterocycles. The number of aliphatic carboxylic acids is 2. The molecule has 2 N–H and O–H groups in total. The van der Waals surface area contributed by atoms with Crippen LogP contribution in [0.25, 0.3) is 0 Å². The number of carboxylic acids is 2. The average molecular weight is 369 g/mol. The lowest BCUT2D eigenvalue weighted by molar-refractivity contribution is -0.142. The number of hydrogen-bond donors (Lipinski definition) is 2. The van der Waals surface area contributed by atoms with Crippen molar-refractivity contribution < 1.29 is 19.8 Å². The topological polar surface area (TPSA) is 81.1 Å². The molecule has 0 aliphatic carbocycles. The van der Waals surface area contributed by atoms with Crippen molar-refractivity contribution in [2.24, 2.45) is 0 Å². The van der Waals surface area contributed by atoms with Gasteiger partial charge in [0.25, 0.3) is 0 Å². The summed E-state index contributed by atoms with van der Waals surface area (Å²) in [5.41, 5.74) is 0. The van der Waals surface area contributed by atoms with Gasteiger partial charge in [-0.2, -0.15) is 0 Å². The zero-order valence-corrected chi connectivity index (χ0v) is 15.1. The van der Waals surface area contributed by atoms with Gasteiger partial charge < -0.3 is 10.2 Å². The van der Waals surface area contributed by atoms with Crippen LogP contribution in [0.5, 0.6) is 0 Å². The number of halogens is 2. The number of carboxylic acid groups (broad SMARTS) is 2. The van der Waals surface area contributed by atoms with Gasteiger partial charge in [-0.3, -0.25) is 19.4 Å². The van der Waals surface area contributed by atoms with E-state index in [0.717, 1.165) is 0 Å². The van der Waals surface area contributed by atoms with Crippen LogP contribution in [-0.2, 0) is 9.59 Å². The van der Waals surface area contributed by atoms with E-state index in [1.807, 2.05) is 0 Å². The molecule has 0 aromatic rings. The highest BCUT2D eigenvalue weighted by Gasteiger charge is 2.22. The molecule has 20 heavy (non-hydrogen) atoms. The maximum Gasteiger partial charge on any atom is 0.321 e. The van der Waals surface area contributed by atoms with Crippen LogP contribution >= 0.6 is 46.4 Å². The minimum atomic E-state index is -0.865. The smallest absolute Gasteiger partial charge is 0.321 e. The molecule has 0 fully saturated rings. The van der Waals surface area contributed by atoms with Crippen molar-refractivity contribution in [3.63, 3.8) is 0 Å². The first kappa shape index (κ1) is 25.1. The van der Waals surface area contributed by atoms with E-state index >= 15 is 0 Å². The molecule has 10 heteroatoms. The summed E-state index contributed by atoms with van der Waals surface area (Å²) in [6, 6.07) is -1.10. The van der Waals surface area contributed by atoms with Gasteiger partial charge in [0, 0.05) is 11.5 Å². The molecule has 0 amide bonds. The molecule has 0 spiro atoms. The number of likely N-dealkylation sites (N-methyl/N-ethyl adjacent to an activating group) is 2. The number of nitrogens with zero attached hydrogens (tertiary/aromatic N) is 2. The summed E-state index contributed by atoms with van der Waals surface area (Å²) in [6.07, 6.45) is 0. The Labute approximate surface area is 139 Å². The lowest BCUT2D eigenvalue weighted by Gasteiger charge is -2.21. The Hall–Kier alpha value is 0.140. The first-order valence-corrected chi connectivity index (χ1v) is 7.79. The molecule has 0 heterocycles. The largest absolute Gasteiger partial charge is 0.480 e. The van der Waals surface area contributed by atoms with Crippen LogP contribution in [0.2, 0.25) is 0 Å². The fraction of sp³-hybridized carbons (Fsp3) is 0.800. The monoisotopic (exact) mass is 368 g/mol. The van der Waals surface area contributed by atoms with Crippen molar-refractivity contribution in [1.82, 2.24) is 9.80 Å². The predicted molar refractivity (Wildman–Crippen MR) is 89.6 cm³/mol. The van der Waals surface area contributed by atoms with Crippen LogP contribution in [0.15, 0.2) is 0 Å². The van der Waals surface area contributed by atoms with Crippen molar-refractivity contribution in [2.45, 2.75) is 12.1 Å². The summed E-state index contributed by atoms with van der Waals surface area (Å²) in [5.74, 6) is -0.884. The van der Waals surface area contributed by atoms with Gasteiger partial charge in [-0.25, -0.2) is 0 Å². The molecule has 0 saturated heterocycles. The first-order chi connectivity index (χ1) is 8.27. The summed E-state index contributed by atoms with van der Waals surface area (Å²) < 4.78 is 0. The van der Waals surface area contributed by atoms with Gasteiger partial charge in [0.05, 0.1) is 0 Å². The molecule has 0 aromatic carbocycles. The van der Waals surface area contributed by atoms with E-state index in [0.29, 0.717) is 11.5 Å². The SMILES string of the molecule is CN(C)[C@@H](CSSC[C@@H](C(=O)O)N(C)C)C(=O)O.Cl.Cl. The summed E-state index contributed by atoms with van der Waals surface area (Å²) in [6.45, 7) is 0. The molecule has 0 aliphatic heterocycles. The maximum absolute atomic E-state index is 10.9. The fourth-order valence-corrected chi connectivity index (χ4v) is 3.79. The summed E-state index contributed by atoms with van der Waals surface area (Å²) in [5, 5.41) is 17.9. The van der Waals surface area contributed by atoms with Crippen molar-refractivity contribution in [3.05, 3.63) is 0 Å². The molecule has 6 nitrogen and oxygen atoms in total. The van der Waals surface area contributed by atoms with Gasteiger partial charge in [-0.05, 0) is 28.2 Å². The van der Waals surface area contributed by atoms with Gasteiger partial charge in [-0.1, -0.05) is 21.6 Å². The third-order valence-electron chi connectivity index (χ3n) is 2.35.